The van der Waals surface area contributed by atoms with E-state index in [4.69, 9.17) is 9.26 Å². The van der Waals surface area contributed by atoms with Gasteiger partial charge in [0.2, 0.25) is 0 Å². The highest BCUT2D eigenvalue weighted by atomic mass is 16.5. The first-order chi connectivity index (χ1) is 9.41. The molecule has 1 aromatic carbocycles. The number of rotatable bonds is 3. The van der Waals surface area contributed by atoms with Crippen LogP contribution in [0.1, 0.15) is 43.9 Å². The molecule has 5 nitrogen and oxygen atoms in total. The Bertz CT molecular complexity index is 594. The molecule has 0 aliphatic rings. The lowest BCUT2D eigenvalue weighted by Gasteiger charge is -2.18. The van der Waals surface area contributed by atoms with Gasteiger partial charge in [-0.05, 0) is 35.2 Å². The van der Waals surface area contributed by atoms with Crippen LogP contribution in [0, 0.1) is 0 Å². The van der Waals surface area contributed by atoms with Crippen LogP contribution in [-0.4, -0.2) is 22.7 Å². The lowest BCUT2D eigenvalue weighted by Crippen LogP contribution is -2.10. The number of esters is 1. The molecule has 0 saturated carbocycles. The third-order valence-electron chi connectivity index (χ3n) is 2.88. The van der Waals surface area contributed by atoms with Gasteiger partial charge in [-0.2, -0.15) is 4.98 Å². The second-order valence-corrected chi connectivity index (χ2v) is 5.47. The van der Waals surface area contributed by atoms with Crippen molar-refractivity contribution in [2.45, 2.75) is 33.1 Å². The van der Waals surface area contributed by atoms with Crippen LogP contribution in [0.15, 0.2) is 28.8 Å². The van der Waals surface area contributed by atoms with E-state index in [0.29, 0.717) is 5.89 Å². The molecule has 0 N–H and O–H groups in total. The normalized spacial score (nSPS) is 11.4. The SMILES string of the molecule is CCOC(=O)c1noc(-c2ccc(C(C)(C)C)cc2)n1. The van der Waals surface area contributed by atoms with Gasteiger partial charge in [0.05, 0.1) is 6.61 Å². The van der Waals surface area contributed by atoms with E-state index < -0.39 is 5.97 Å². The maximum Gasteiger partial charge on any atom is 0.379 e. The minimum absolute atomic E-state index is 0.0539. The van der Waals surface area contributed by atoms with Crippen molar-refractivity contribution >= 4 is 5.97 Å². The number of carbonyl (C=O) groups is 1. The van der Waals surface area contributed by atoms with Gasteiger partial charge in [-0.3, -0.25) is 0 Å². The van der Waals surface area contributed by atoms with Crippen LogP contribution < -0.4 is 0 Å². The van der Waals surface area contributed by atoms with Crippen molar-refractivity contribution < 1.29 is 14.1 Å². The van der Waals surface area contributed by atoms with E-state index >= 15 is 0 Å². The number of hydrogen-bond donors (Lipinski definition) is 0. The fourth-order valence-electron chi connectivity index (χ4n) is 1.73. The summed E-state index contributed by atoms with van der Waals surface area (Å²) < 4.78 is 9.90. The van der Waals surface area contributed by atoms with Crippen molar-refractivity contribution in [2.75, 3.05) is 6.61 Å². The standard InChI is InChI=1S/C15H18N2O3/c1-5-19-14(18)12-16-13(20-17-12)10-6-8-11(9-7-10)15(2,3)4/h6-9H,5H2,1-4H3. The lowest BCUT2D eigenvalue weighted by molar-refractivity contribution is 0.0508. The number of hydrogen-bond acceptors (Lipinski definition) is 5. The van der Waals surface area contributed by atoms with E-state index in [1.54, 1.807) is 6.92 Å². The van der Waals surface area contributed by atoms with Crippen LogP contribution in [0.3, 0.4) is 0 Å². The quantitative estimate of drug-likeness (QED) is 0.804. The number of nitrogens with zero attached hydrogens (tertiary/aromatic N) is 2. The maximum absolute atomic E-state index is 11.5. The third kappa shape index (κ3) is 3.04. The highest BCUT2D eigenvalue weighted by Gasteiger charge is 2.18. The first-order valence-electron chi connectivity index (χ1n) is 6.53. The molecule has 1 aromatic heterocycles. The second-order valence-electron chi connectivity index (χ2n) is 5.47. The summed E-state index contributed by atoms with van der Waals surface area (Å²) >= 11 is 0. The Kier molecular flexibility index (Phi) is 3.88. The highest BCUT2D eigenvalue weighted by molar-refractivity contribution is 5.85. The van der Waals surface area contributed by atoms with Gasteiger partial charge in [-0.15, -0.1) is 0 Å². The molecule has 2 aromatic rings. The Balaban J connectivity index is 2.22. The van der Waals surface area contributed by atoms with Crippen LogP contribution in [0.5, 0.6) is 0 Å². The summed E-state index contributed by atoms with van der Waals surface area (Å²) in [6.45, 7) is 8.45. The monoisotopic (exact) mass is 274 g/mol. The summed E-state index contributed by atoms with van der Waals surface area (Å²) in [5, 5.41) is 3.62. The van der Waals surface area contributed by atoms with Gasteiger partial charge in [-0.1, -0.05) is 32.9 Å². The van der Waals surface area contributed by atoms with Crippen molar-refractivity contribution in [3.63, 3.8) is 0 Å². The fourth-order valence-corrected chi connectivity index (χ4v) is 1.73. The summed E-state index contributed by atoms with van der Waals surface area (Å²) in [6, 6.07) is 7.85. The van der Waals surface area contributed by atoms with Crippen LogP contribution in [0.2, 0.25) is 0 Å². The molecule has 0 saturated heterocycles. The summed E-state index contributed by atoms with van der Waals surface area (Å²) in [7, 11) is 0. The zero-order valence-corrected chi connectivity index (χ0v) is 12.1. The third-order valence-corrected chi connectivity index (χ3v) is 2.88. The summed E-state index contributed by atoms with van der Waals surface area (Å²) in [6.07, 6.45) is 0. The molecule has 0 radical (unpaired) electrons. The molecule has 20 heavy (non-hydrogen) atoms. The molecule has 0 atom stereocenters. The van der Waals surface area contributed by atoms with E-state index in [1.165, 1.54) is 5.56 Å². The Morgan fingerprint density at radius 2 is 1.90 bits per heavy atom. The first kappa shape index (κ1) is 14.2. The molecule has 106 valence electrons. The van der Waals surface area contributed by atoms with Gasteiger partial charge in [0.25, 0.3) is 11.7 Å². The molecule has 1 heterocycles. The smallest absolute Gasteiger partial charge is 0.379 e. The Morgan fingerprint density at radius 3 is 2.45 bits per heavy atom. The number of benzene rings is 1. The van der Waals surface area contributed by atoms with E-state index in [9.17, 15) is 4.79 Å². The number of aromatic nitrogens is 2. The van der Waals surface area contributed by atoms with Crippen molar-refractivity contribution in [3.05, 3.63) is 35.7 Å². The van der Waals surface area contributed by atoms with Gasteiger partial charge >= 0.3 is 5.97 Å². The van der Waals surface area contributed by atoms with E-state index in [-0.39, 0.29) is 17.8 Å². The minimum Gasteiger partial charge on any atom is -0.460 e. The molecule has 0 bridgehead atoms. The fraction of sp³-hybridized carbons (Fsp3) is 0.400. The molecule has 0 fully saturated rings. The Morgan fingerprint density at radius 1 is 1.25 bits per heavy atom. The molecule has 0 unspecified atom stereocenters. The van der Waals surface area contributed by atoms with E-state index in [1.807, 2.05) is 24.3 Å². The second kappa shape index (κ2) is 5.45. The minimum atomic E-state index is -0.575. The topological polar surface area (TPSA) is 65.2 Å². The van der Waals surface area contributed by atoms with Gasteiger partial charge in [0, 0.05) is 5.56 Å². The average Bonchev–Trinajstić information content (AvgIpc) is 2.88. The van der Waals surface area contributed by atoms with Gasteiger partial charge in [0.15, 0.2) is 0 Å². The Labute approximate surface area is 118 Å². The molecule has 0 amide bonds. The molecule has 0 aliphatic carbocycles. The van der Waals surface area contributed by atoms with Crippen LogP contribution >= 0.6 is 0 Å². The van der Waals surface area contributed by atoms with E-state index in [2.05, 4.69) is 30.9 Å². The van der Waals surface area contributed by atoms with Crippen LogP contribution in [0.4, 0.5) is 0 Å². The zero-order valence-electron chi connectivity index (χ0n) is 12.1. The number of ether oxygens (including phenoxy) is 1. The summed E-state index contributed by atoms with van der Waals surface area (Å²) in [5.74, 6) is -0.316. The molecular formula is C15H18N2O3. The Hall–Kier alpha value is -2.17. The summed E-state index contributed by atoms with van der Waals surface area (Å²) in [5.41, 5.74) is 2.08. The van der Waals surface area contributed by atoms with Crippen molar-refractivity contribution in [1.82, 2.24) is 10.1 Å². The largest absolute Gasteiger partial charge is 0.460 e. The van der Waals surface area contributed by atoms with Gasteiger partial charge < -0.3 is 9.26 Å². The van der Waals surface area contributed by atoms with Crippen LogP contribution in [0.25, 0.3) is 11.5 Å². The first-order valence-corrected chi connectivity index (χ1v) is 6.53. The van der Waals surface area contributed by atoms with E-state index in [0.717, 1.165) is 5.56 Å². The average molecular weight is 274 g/mol. The van der Waals surface area contributed by atoms with Crippen molar-refractivity contribution in [1.29, 1.82) is 0 Å². The zero-order chi connectivity index (χ0) is 14.8. The number of carbonyl (C=O) groups excluding carboxylic acids is 1. The van der Waals surface area contributed by atoms with Gasteiger partial charge in [0.1, 0.15) is 0 Å². The molecule has 5 heteroatoms. The molecule has 0 aliphatic heterocycles. The predicted octanol–water partition coefficient (Wildman–Crippen LogP) is 3.21. The maximum atomic E-state index is 11.5. The van der Waals surface area contributed by atoms with Gasteiger partial charge in [-0.25, -0.2) is 4.79 Å². The van der Waals surface area contributed by atoms with Crippen molar-refractivity contribution in [3.8, 4) is 11.5 Å². The lowest BCUT2D eigenvalue weighted by atomic mass is 9.87. The molecule has 0 spiro atoms. The molecular weight excluding hydrogens is 256 g/mol. The summed E-state index contributed by atoms with van der Waals surface area (Å²) in [4.78, 5) is 15.5. The molecule has 2 rings (SSSR count). The van der Waals surface area contributed by atoms with Crippen molar-refractivity contribution in [2.24, 2.45) is 0 Å². The highest BCUT2D eigenvalue weighted by Crippen LogP contribution is 2.25. The predicted molar refractivity (Wildman–Crippen MR) is 74.4 cm³/mol. The van der Waals surface area contributed by atoms with Crippen LogP contribution in [-0.2, 0) is 10.2 Å².